The summed E-state index contributed by atoms with van der Waals surface area (Å²) < 4.78 is 0. The van der Waals surface area contributed by atoms with Gasteiger partial charge in [0.1, 0.15) is 6.10 Å². The van der Waals surface area contributed by atoms with E-state index in [1.807, 2.05) is 6.07 Å². The van der Waals surface area contributed by atoms with E-state index in [-0.39, 0.29) is 6.10 Å². The smallest absolute Gasteiger partial charge is 0.104 e. The lowest BCUT2D eigenvalue weighted by atomic mass is 10.0. The van der Waals surface area contributed by atoms with Gasteiger partial charge in [-0.2, -0.15) is 5.48 Å². The van der Waals surface area contributed by atoms with Gasteiger partial charge in [-0.1, -0.05) is 100 Å². The first kappa shape index (κ1) is 20.4. The van der Waals surface area contributed by atoms with E-state index >= 15 is 0 Å². The van der Waals surface area contributed by atoms with Crippen molar-refractivity contribution >= 4 is 6.08 Å². The molecule has 0 aliphatic heterocycles. The summed E-state index contributed by atoms with van der Waals surface area (Å²) in [7, 11) is 0. The molecule has 0 spiro atoms. The Hall–Kier alpha value is -1.90. The molecule has 0 saturated carbocycles. The minimum atomic E-state index is 0.106. The minimum Gasteiger partial charge on any atom is -0.293 e. The average molecular weight is 352 g/mol. The first-order chi connectivity index (χ1) is 12.7. The van der Waals surface area contributed by atoms with E-state index in [0.29, 0.717) is 12.0 Å². The third-order valence-electron chi connectivity index (χ3n) is 4.39. The molecular formula is C24H33NO. The second kappa shape index (κ2) is 11.7. The van der Waals surface area contributed by atoms with Crippen LogP contribution in [0.4, 0.5) is 0 Å². The molecule has 0 aliphatic rings. The molecule has 0 amide bonds. The summed E-state index contributed by atoms with van der Waals surface area (Å²) >= 11 is 0. The predicted octanol–water partition coefficient (Wildman–Crippen LogP) is 6.57. The molecule has 2 rings (SSSR count). The van der Waals surface area contributed by atoms with Crippen LogP contribution >= 0.6 is 0 Å². The first-order valence-electron chi connectivity index (χ1n) is 9.86. The van der Waals surface area contributed by atoms with Gasteiger partial charge in [-0.3, -0.25) is 4.84 Å². The SMILES string of the molecule is CCCC(ONC(C/C=C/c1ccccc1)CC(C)C)c1ccccc1. The molecule has 0 aliphatic carbocycles. The van der Waals surface area contributed by atoms with Crippen molar-refractivity contribution in [1.82, 2.24) is 5.48 Å². The first-order valence-corrected chi connectivity index (χ1v) is 9.86. The topological polar surface area (TPSA) is 21.3 Å². The van der Waals surface area contributed by atoms with E-state index in [4.69, 9.17) is 4.84 Å². The molecule has 2 heteroatoms. The number of rotatable bonds is 11. The normalized spacial score (nSPS) is 14.0. The van der Waals surface area contributed by atoms with Crippen molar-refractivity contribution in [3.63, 3.8) is 0 Å². The van der Waals surface area contributed by atoms with Gasteiger partial charge in [0.25, 0.3) is 0 Å². The number of hydrogen-bond acceptors (Lipinski definition) is 2. The van der Waals surface area contributed by atoms with Crippen LogP contribution in [0.5, 0.6) is 0 Å². The van der Waals surface area contributed by atoms with Crippen LogP contribution in [-0.2, 0) is 4.84 Å². The zero-order valence-corrected chi connectivity index (χ0v) is 16.4. The molecule has 2 unspecified atom stereocenters. The van der Waals surface area contributed by atoms with Crippen molar-refractivity contribution in [2.24, 2.45) is 5.92 Å². The van der Waals surface area contributed by atoms with E-state index in [1.165, 1.54) is 11.1 Å². The van der Waals surface area contributed by atoms with Gasteiger partial charge in [0.15, 0.2) is 0 Å². The lowest BCUT2D eigenvalue weighted by Crippen LogP contribution is -2.31. The summed E-state index contributed by atoms with van der Waals surface area (Å²) in [5.74, 6) is 0.627. The maximum absolute atomic E-state index is 6.15. The lowest BCUT2D eigenvalue weighted by molar-refractivity contribution is -0.0525. The summed E-state index contributed by atoms with van der Waals surface area (Å²) in [6.45, 7) is 6.72. The molecule has 0 fully saturated rings. The molecular weight excluding hydrogens is 318 g/mol. The largest absolute Gasteiger partial charge is 0.293 e. The standard InChI is InChI=1S/C24H33NO/c1-4-12-24(22-16-9-6-10-17-22)26-25-23(19-20(2)3)18-11-15-21-13-7-5-8-14-21/h5-11,13-17,20,23-25H,4,12,18-19H2,1-3H3/b15-11+. The number of hydrogen-bond donors (Lipinski definition) is 1. The molecule has 0 bridgehead atoms. The molecule has 2 aromatic carbocycles. The highest BCUT2D eigenvalue weighted by molar-refractivity contribution is 5.48. The van der Waals surface area contributed by atoms with Crippen molar-refractivity contribution in [1.29, 1.82) is 0 Å². The fraction of sp³-hybridized carbons (Fsp3) is 0.417. The van der Waals surface area contributed by atoms with Gasteiger partial charge in [0, 0.05) is 6.04 Å². The molecule has 2 atom stereocenters. The van der Waals surface area contributed by atoms with E-state index in [1.54, 1.807) is 0 Å². The monoisotopic (exact) mass is 351 g/mol. The molecule has 2 aromatic rings. The molecule has 140 valence electrons. The Morgan fingerprint density at radius 1 is 0.962 bits per heavy atom. The summed E-state index contributed by atoms with van der Waals surface area (Å²) in [4.78, 5) is 6.15. The van der Waals surface area contributed by atoms with Crippen LogP contribution in [0.2, 0.25) is 0 Å². The van der Waals surface area contributed by atoms with Gasteiger partial charge >= 0.3 is 0 Å². The van der Waals surface area contributed by atoms with Gasteiger partial charge in [0.05, 0.1) is 0 Å². The van der Waals surface area contributed by atoms with E-state index < -0.39 is 0 Å². The van der Waals surface area contributed by atoms with Crippen LogP contribution < -0.4 is 5.48 Å². The van der Waals surface area contributed by atoms with Crippen molar-refractivity contribution in [3.05, 3.63) is 77.9 Å². The lowest BCUT2D eigenvalue weighted by Gasteiger charge is -2.24. The van der Waals surface area contributed by atoms with E-state index in [2.05, 4.69) is 93.0 Å². The highest BCUT2D eigenvalue weighted by atomic mass is 16.7. The Labute approximate surface area is 159 Å². The minimum absolute atomic E-state index is 0.106. The summed E-state index contributed by atoms with van der Waals surface area (Å²) in [6.07, 6.45) is 8.71. The molecule has 0 heterocycles. The highest BCUT2D eigenvalue weighted by Crippen LogP contribution is 2.22. The van der Waals surface area contributed by atoms with Crippen LogP contribution in [0.1, 0.15) is 63.7 Å². The summed E-state index contributed by atoms with van der Waals surface area (Å²) in [5.41, 5.74) is 5.85. The summed E-state index contributed by atoms with van der Waals surface area (Å²) in [5, 5.41) is 0. The Morgan fingerprint density at radius 3 is 2.23 bits per heavy atom. The van der Waals surface area contributed by atoms with Gasteiger partial charge in [-0.25, -0.2) is 0 Å². The van der Waals surface area contributed by atoms with Gasteiger partial charge in [0.2, 0.25) is 0 Å². The molecule has 0 aromatic heterocycles. The molecule has 2 nitrogen and oxygen atoms in total. The highest BCUT2D eigenvalue weighted by Gasteiger charge is 2.15. The third-order valence-corrected chi connectivity index (χ3v) is 4.39. The van der Waals surface area contributed by atoms with Crippen molar-refractivity contribution in [2.45, 2.75) is 58.6 Å². The Bertz CT molecular complexity index is 621. The molecule has 26 heavy (non-hydrogen) atoms. The van der Waals surface area contributed by atoms with Crippen LogP contribution in [0.25, 0.3) is 6.08 Å². The van der Waals surface area contributed by atoms with Gasteiger partial charge in [-0.15, -0.1) is 0 Å². The summed E-state index contributed by atoms with van der Waals surface area (Å²) in [6, 6.07) is 21.3. The zero-order chi connectivity index (χ0) is 18.6. The van der Waals surface area contributed by atoms with Gasteiger partial charge < -0.3 is 0 Å². The van der Waals surface area contributed by atoms with Crippen molar-refractivity contribution in [3.8, 4) is 0 Å². The quantitative estimate of drug-likeness (QED) is 0.462. The van der Waals surface area contributed by atoms with Crippen LogP contribution in [0.15, 0.2) is 66.7 Å². The second-order valence-corrected chi connectivity index (χ2v) is 7.30. The molecule has 0 saturated heterocycles. The number of benzene rings is 2. The van der Waals surface area contributed by atoms with E-state index in [9.17, 15) is 0 Å². The fourth-order valence-corrected chi connectivity index (χ4v) is 3.10. The average Bonchev–Trinajstić information content (AvgIpc) is 2.66. The maximum Gasteiger partial charge on any atom is 0.104 e. The maximum atomic E-state index is 6.15. The fourth-order valence-electron chi connectivity index (χ4n) is 3.10. The van der Waals surface area contributed by atoms with Crippen LogP contribution in [0, 0.1) is 5.92 Å². The van der Waals surface area contributed by atoms with Crippen LogP contribution in [0.3, 0.4) is 0 Å². The Morgan fingerprint density at radius 2 is 1.62 bits per heavy atom. The van der Waals surface area contributed by atoms with Crippen molar-refractivity contribution in [2.75, 3.05) is 0 Å². The Balaban J connectivity index is 1.94. The predicted molar refractivity (Wildman–Crippen MR) is 112 cm³/mol. The number of hydroxylamine groups is 1. The molecule has 1 N–H and O–H groups in total. The zero-order valence-electron chi connectivity index (χ0n) is 16.4. The van der Waals surface area contributed by atoms with Gasteiger partial charge in [-0.05, 0) is 36.3 Å². The molecule has 0 radical (unpaired) electrons. The second-order valence-electron chi connectivity index (χ2n) is 7.30. The van der Waals surface area contributed by atoms with Crippen LogP contribution in [-0.4, -0.2) is 6.04 Å². The van der Waals surface area contributed by atoms with E-state index in [0.717, 1.165) is 25.7 Å². The van der Waals surface area contributed by atoms with Crippen molar-refractivity contribution < 1.29 is 4.84 Å². The number of nitrogens with one attached hydrogen (secondary N) is 1. The Kier molecular flexibility index (Phi) is 9.16. The third kappa shape index (κ3) is 7.55.